The molecule has 0 N–H and O–H groups in total. The van der Waals surface area contributed by atoms with E-state index in [1.807, 2.05) is 48.2 Å². The van der Waals surface area contributed by atoms with Gasteiger partial charge in [-0.3, -0.25) is 0 Å². The van der Waals surface area contributed by atoms with E-state index in [9.17, 15) is 0 Å². The van der Waals surface area contributed by atoms with E-state index in [2.05, 4.69) is 48.2 Å². The lowest BCUT2D eigenvalue weighted by atomic mass is 9.94. The van der Waals surface area contributed by atoms with Gasteiger partial charge in [-0.15, -0.1) is 0 Å². The highest BCUT2D eigenvalue weighted by molar-refractivity contribution is 6.03. The lowest BCUT2D eigenvalue weighted by Crippen LogP contribution is -2.28. The van der Waals surface area contributed by atoms with Crippen LogP contribution < -0.4 is 18.9 Å². The molecule has 2 aliphatic heterocycles. The highest BCUT2D eigenvalue weighted by atomic mass is 16.7. The summed E-state index contributed by atoms with van der Waals surface area (Å²) in [6, 6.07) is 18.4. The lowest BCUT2D eigenvalue weighted by molar-refractivity contribution is -0.646. The number of aryl methyl sites for hydroxylation is 1. The summed E-state index contributed by atoms with van der Waals surface area (Å²) < 4.78 is 19.4. The van der Waals surface area contributed by atoms with Gasteiger partial charge in [0.25, 0.3) is 0 Å². The molecule has 0 bridgehead atoms. The second-order valence-corrected chi connectivity index (χ2v) is 7.82. The second kappa shape index (κ2) is 7.27. The molecule has 6 nitrogen and oxygen atoms in total. The molecule has 0 unspecified atom stereocenters. The number of allylic oxidation sites excluding steroid dienone is 2. The van der Waals surface area contributed by atoms with Crippen molar-refractivity contribution >= 4 is 34.3 Å². The molecule has 2 aliphatic rings. The number of rotatable bonds is 3. The van der Waals surface area contributed by atoms with Crippen LogP contribution in [0.3, 0.4) is 0 Å². The third kappa shape index (κ3) is 2.95. The molecule has 0 aliphatic carbocycles. The molecule has 0 amide bonds. The van der Waals surface area contributed by atoms with Crippen molar-refractivity contribution in [2.75, 3.05) is 18.2 Å². The summed E-state index contributed by atoms with van der Waals surface area (Å²) in [7, 11) is 1.96. The number of hydrogen-bond acceptors (Lipinski definition) is 5. The van der Waals surface area contributed by atoms with Crippen molar-refractivity contribution in [3.8, 4) is 11.5 Å². The van der Waals surface area contributed by atoms with Crippen molar-refractivity contribution in [2.45, 2.75) is 6.92 Å². The van der Waals surface area contributed by atoms with Gasteiger partial charge in [-0.2, -0.15) is 0 Å². The number of nitrogens with zero attached hydrogens (tertiary/aromatic N) is 3. The van der Waals surface area contributed by atoms with Crippen LogP contribution >= 0.6 is 0 Å². The third-order valence-corrected chi connectivity index (χ3v) is 5.88. The summed E-state index contributed by atoms with van der Waals surface area (Å²) in [4.78, 5) is 7.01. The molecular weight excluding hydrogens is 402 g/mol. The topological polar surface area (TPSA) is 51.6 Å². The Bertz CT molecular complexity index is 1400. The van der Waals surface area contributed by atoms with Crippen LogP contribution in [0.4, 0.5) is 5.69 Å². The summed E-state index contributed by atoms with van der Waals surface area (Å²) >= 11 is 0. The zero-order valence-corrected chi connectivity index (χ0v) is 17.9. The van der Waals surface area contributed by atoms with Gasteiger partial charge < -0.3 is 18.8 Å². The minimum absolute atomic E-state index is 0.240. The summed E-state index contributed by atoms with van der Waals surface area (Å²) in [5.74, 6) is 2.09. The third-order valence-electron chi connectivity index (χ3n) is 5.88. The minimum Gasteiger partial charge on any atom is -0.454 e. The number of aromatic nitrogens is 2. The number of hydrogen-bond donors (Lipinski definition) is 0. The van der Waals surface area contributed by atoms with Gasteiger partial charge in [0.05, 0.1) is 18.9 Å². The molecule has 0 saturated heterocycles. The Labute approximate surface area is 185 Å². The fraction of sp³-hybridized carbons (Fsp3) is 0.154. The Morgan fingerprint density at radius 3 is 2.66 bits per heavy atom. The van der Waals surface area contributed by atoms with Crippen molar-refractivity contribution < 1.29 is 18.5 Å². The number of oxazole rings is 1. The summed E-state index contributed by atoms with van der Waals surface area (Å²) in [6.07, 6.45) is 6.15. The monoisotopic (exact) mass is 424 g/mol. The average Bonchev–Trinajstić information content (AvgIpc) is 3.45. The van der Waals surface area contributed by atoms with Crippen molar-refractivity contribution in [3.63, 3.8) is 0 Å². The van der Waals surface area contributed by atoms with Crippen LogP contribution in [0.15, 0.2) is 71.3 Å². The molecule has 2 aromatic carbocycles. The summed E-state index contributed by atoms with van der Waals surface area (Å²) in [5, 5.41) is 0. The Balaban J connectivity index is 1.57. The van der Waals surface area contributed by atoms with Gasteiger partial charge in [0.2, 0.25) is 12.4 Å². The van der Waals surface area contributed by atoms with Gasteiger partial charge in [0.15, 0.2) is 11.5 Å². The normalized spacial score (nSPS) is 15.9. The summed E-state index contributed by atoms with van der Waals surface area (Å²) in [5.41, 5.74) is 6.97. The fourth-order valence-corrected chi connectivity index (χ4v) is 4.35. The van der Waals surface area contributed by atoms with E-state index >= 15 is 0 Å². The molecule has 158 valence electrons. The summed E-state index contributed by atoms with van der Waals surface area (Å²) in [6.45, 7) is 3.21. The van der Waals surface area contributed by atoms with Gasteiger partial charge in [0, 0.05) is 34.9 Å². The van der Waals surface area contributed by atoms with Gasteiger partial charge in [0.1, 0.15) is 0 Å². The molecular formula is C26H22N3O3+. The number of ether oxygens (including phenoxy) is 2. The maximum Gasteiger partial charge on any atom is 0.370 e. The highest BCUT2D eigenvalue weighted by Crippen LogP contribution is 2.46. The lowest BCUT2D eigenvalue weighted by Gasteiger charge is -2.33. The molecule has 4 aromatic rings. The van der Waals surface area contributed by atoms with E-state index in [4.69, 9.17) is 18.9 Å². The number of pyridine rings is 1. The first-order valence-electron chi connectivity index (χ1n) is 10.7. The first kappa shape index (κ1) is 18.7. The molecule has 0 spiro atoms. The SMILES string of the molecule is CCN1C(c2ccccc2)=C/C(=C\c2nc3c(ccc[n+]3C)o2)c2cc3c(cc21)OCO3. The molecule has 32 heavy (non-hydrogen) atoms. The van der Waals surface area contributed by atoms with Crippen molar-refractivity contribution in [2.24, 2.45) is 7.05 Å². The Hall–Kier alpha value is -4.06. The van der Waals surface area contributed by atoms with Crippen LogP contribution in [-0.2, 0) is 7.05 Å². The standard InChI is InChI=1S/C26H22N3O3/c1-3-29-20(17-8-5-4-6-9-17)12-18(19-14-23-24(15-21(19)29)31-16-30-23)13-25-27-26-22(32-25)10-7-11-28(26)2/h4-15H,3,16H2,1-2H3/q+1. The van der Waals surface area contributed by atoms with Crippen molar-refractivity contribution in [3.05, 3.63) is 83.9 Å². The molecule has 6 heteroatoms. The van der Waals surface area contributed by atoms with Gasteiger partial charge >= 0.3 is 11.5 Å². The molecule has 6 rings (SSSR count). The van der Waals surface area contributed by atoms with Crippen LogP contribution in [0.2, 0.25) is 0 Å². The molecule has 0 radical (unpaired) electrons. The van der Waals surface area contributed by atoms with Crippen LogP contribution in [0.25, 0.3) is 28.6 Å². The first-order valence-corrected chi connectivity index (χ1v) is 10.7. The smallest absolute Gasteiger partial charge is 0.370 e. The van der Waals surface area contributed by atoms with Gasteiger partial charge in [-0.05, 0) is 42.3 Å². The zero-order valence-electron chi connectivity index (χ0n) is 17.9. The van der Waals surface area contributed by atoms with Crippen LogP contribution in [0, 0.1) is 0 Å². The van der Waals surface area contributed by atoms with E-state index in [1.54, 1.807) is 0 Å². The molecule has 4 heterocycles. The Morgan fingerprint density at radius 1 is 1.06 bits per heavy atom. The minimum atomic E-state index is 0.240. The zero-order chi connectivity index (χ0) is 21.7. The fourth-order valence-electron chi connectivity index (χ4n) is 4.35. The maximum atomic E-state index is 6.05. The number of benzene rings is 2. The van der Waals surface area contributed by atoms with Crippen LogP contribution in [0.5, 0.6) is 11.5 Å². The predicted octanol–water partition coefficient (Wildman–Crippen LogP) is 4.80. The van der Waals surface area contributed by atoms with Gasteiger partial charge in [-0.1, -0.05) is 30.3 Å². The van der Waals surface area contributed by atoms with Crippen molar-refractivity contribution in [1.29, 1.82) is 0 Å². The Kier molecular flexibility index (Phi) is 4.24. The van der Waals surface area contributed by atoms with Gasteiger partial charge in [-0.25, -0.2) is 4.57 Å². The first-order chi connectivity index (χ1) is 15.7. The van der Waals surface area contributed by atoms with E-state index in [0.717, 1.165) is 57.4 Å². The van der Waals surface area contributed by atoms with E-state index in [1.165, 1.54) is 0 Å². The molecule has 0 saturated carbocycles. The Morgan fingerprint density at radius 2 is 1.88 bits per heavy atom. The van der Waals surface area contributed by atoms with Crippen LogP contribution in [-0.4, -0.2) is 18.3 Å². The van der Waals surface area contributed by atoms with Crippen molar-refractivity contribution in [1.82, 2.24) is 4.98 Å². The van der Waals surface area contributed by atoms with E-state index in [-0.39, 0.29) is 6.79 Å². The maximum absolute atomic E-state index is 6.05. The quantitative estimate of drug-likeness (QED) is 0.442. The predicted molar refractivity (Wildman–Crippen MR) is 123 cm³/mol. The number of fused-ring (bicyclic) bond motifs is 3. The molecule has 0 atom stereocenters. The molecule has 0 fully saturated rings. The number of anilines is 1. The average molecular weight is 424 g/mol. The van der Waals surface area contributed by atoms with Crippen LogP contribution in [0.1, 0.15) is 23.9 Å². The van der Waals surface area contributed by atoms with E-state index in [0.29, 0.717) is 5.89 Å². The second-order valence-electron chi connectivity index (χ2n) is 7.82. The van der Waals surface area contributed by atoms with E-state index < -0.39 is 0 Å². The molecule has 2 aromatic heterocycles. The highest BCUT2D eigenvalue weighted by Gasteiger charge is 2.28. The largest absolute Gasteiger partial charge is 0.454 e.